The zero-order valence-corrected chi connectivity index (χ0v) is 17.5. The largest absolute Gasteiger partial charge is 0.444 e. The fourth-order valence-electron chi connectivity index (χ4n) is 2.21. The molecular formula is C16H31IN4O3. The van der Waals surface area contributed by atoms with Crippen LogP contribution in [0, 0.1) is 5.92 Å². The first-order chi connectivity index (χ1) is 10.9. The summed E-state index contributed by atoms with van der Waals surface area (Å²) in [6, 6.07) is 0.209. The predicted molar refractivity (Wildman–Crippen MR) is 105 cm³/mol. The lowest BCUT2D eigenvalue weighted by molar-refractivity contribution is 0.00700. The van der Waals surface area contributed by atoms with Gasteiger partial charge in [-0.3, -0.25) is 4.99 Å². The van der Waals surface area contributed by atoms with E-state index in [-0.39, 0.29) is 36.1 Å². The second kappa shape index (κ2) is 9.65. The van der Waals surface area contributed by atoms with Crippen LogP contribution in [0.2, 0.25) is 0 Å². The van der Waals surface area contributed by atoms with Crippen molar-refractivity contribution >= 4 is 36.0 Å². The quantitative estimate of drug-likeness (QED) is 0.277. The highest BCUT2D eigenvalue weighted by atomic mass is 127. The van der Waals surface area contributed by atoms with Crippen molar-refractivity contribution in [2.24, 2.45) is 10.9 Å². The number of amides is 1. The molecule has 7 nitrogen and oxygen atoms in total. The number of aliphatic imine (C=N–C) groups is 1. The van der Waals surface area contributed by atoms with Gasteiger partial charge < -0.3 is 25.0 Å². The van der Waals surface area contributed by atoms with Crippen LogP contribution in [0.25, 0.3) is 0 Å². The van der Waals surface area contributed by atoms with Gasteiger partial charge in [0.15, 0.2) is 5.96 Å². The van der Waals surface area contributed by atoms with Gasteiger partial charge in [-0.1, -0.05) is 0 Å². The highest BCUT2D eigenvalue weighted by Crippen LogP contribution is 2.28. The van der Waals surface area contributed by atoms with Crippen molar-refractivity contribution in [3.63, 3.8) is 0 Å². The maximum absolute atomic E-state index is 11.9. The first-order valence-electron chi connectivity index (χ1n) is 8.40. The lowest BCUT2D eigenvalue weighted by Crippen LogP contribution is -2.63. The molecule has 1 aliphatic carbocycles. The number of carbonyl (C=O) groups is 1. The van der Waals surface area contributed by atoms with Gasteiger partial charge in [0.25, 0.3) is 0 Å². The Morgan fingerprint density at radius 3 is 2.50 bits per heavy atom. The molecule has 1 heterocycles. The summed E-state index contributed by atoms with van der Waals surface area (Å²) in [5.41, 5.74) is -0.451. The number of nitrogens with one attached hydrogen (secondary N) is 2. The SMILES string of the molecule is CN=C(NCCOCC1CC1)NC1CN(C(=O)OC(C)(C)C)C1.I. The standard InChI is InChI=1S/C16H30N4O3.HI/c1-16(2,3)23-15(21)20-9-13(10-20)19-14(17-4)18-7-8-22-11-12-5-6-12;/h12-13H,5-11H2,1-4H3,(H2,17,18,19);1H. The highest BCUT2D eigenvalue weighted by molar-refractivity contribution is 14.0. The first-order valence-corrected chi connectivity index (χ1v) is 8.40. The van der Waals surface area contributed by atoms with Gasteiger partial charge in [0.1, 0.15) is 5.60 Å². The molecule has 1 amide bonds. The molecule has 2 rings (SSSR count). The highest BCUT2D eigenvalue weighted by Gasteiger charge is 2.34. The van der Waals surface area contributed by atoms with Crippen molar-refractivity contribution in [1.29, 1.82) is 0 Å². The van der Waals surface area contributed by atoms with Crippen molar-refractivity contribution in [2.75, 3.05) is 39.9 Å². The van der Waals surface area contributed by atoms with E-state index in [0.29, 0.717) is 19.7 Å². The monoisotopic (exact) mass is 454 g/mol. The van der Waals surface area contributed by atoms with Crippen LogP contribution < -0.4 is 10.6 Å². The van der Waals surface area contributed by atoms with E-state index in [1.807, 2.05) is 20.8 Å². The van der Waals surface area contributed by atoms with Gasteiger partial charge >= 0.3 is 6.09 Å². The molecule has 1 saturated carbocycles. The minimum absolute atomic E-state index is 0. The Balaban J connectivity index is 0.00000288. The smallest absolute Gasteiger partial charge is 0.410 e. The number of likely N-dealkylation sites (tertiary alicyclic amines) is 1. The van der Waals surface area contributed by atoms with Gasteiger partial charge in [0, 0.05) is 33.3 Å². The van der Waals surface area contributed by atoms with E-state index in [1.165, 1.54) is 12.8 Å². The molecule has 1 saturated heterocycles. The van der Waals surface area contributed by atoms with Gasteiger partial charge in [-0.05, 0) is 39.5 Å². The molecule has 140 valence electrons. The van der Waals surface area contributed by atoms with Crippen molar-refractivity contribution in [2.45, 2.75) is 45.3 Å². The number of halogens is 1. The van der Waals surface area contributed by atoms with Gasteiger partial charge in [0.2, 0.25) is 0 Å². The van der Waals surface area contributed by atoms with E-state index in [4.69, 9.17) is 9.47 Å². The minimum atomic E-state index is -0.451. The fourth-order valence-corrected chi connectivity index (χ4v) is 2.21. The van der Waals surface area contributed by atoms with Gasteiger partial charge in [0.05, 0.1) is 12.6 Å². The zero-order chi connectivity index (χ0) is 16.9. The second-order valence-electron chi connectivity index (χ2n) is 7.24. The molecule has 24 heavy (non-hydrogen) atoms. The Hall–Kier alpha value is -0.770. The van der Waals surface area contributed by atoms with Crippen molar-refractivity contribution in [1.82, 2.24) is 15.5 Å². The van der Waals surface area contributed by atoms with E-state index >= 15 is 0 Å². The number of nitrogens with zero attached hydrogens (tertiary/aromatic N) is 2. The molecule has 0 bridgehead atoms. The van der Waals surface area contributed by atoms with Gasteiger partial charge in [-0.15, -0.1) is 24.0 Å². The topological polar surface area (TPSA) is 75.2 Å². The molecule has 0 unspecified atom stereocenters. The average Bonchev–Trinajstić information content (AvgIpc) is 3.21. The van der Waals surface area contributed by atoms with E-state index < -0.39 is 5.60 Å². The lowest BCUT2D eigenvalue weighted by Gasteiger charge is -2.40. The Morgan fingerprint density at radius 2 is 1.96 bits per heavy atom. The maximum atomic E-state index is 11.9. The number of carbonyl (C=O) groups excluding carboxylic acids is 1. The molecule has 0 aromatic carbocycles. The van der Waals surface area contributed by atoms with E-state index in [9.17, 15) is 4.79 Å². The van der Waals surface area contributed by atoms with Crippen molar-refractivity contribution in [3.8, 4) is 0 Å². The third-order valence-electron chi connectivity index (χ3n) is 3.69. The summed E-state index contributed by atoms with van der Waals surface area (Å²) in [7, 11) is 1.74. The summed E-state index contributed by atoms with van der Waals surface area (Å²) in [5, 5.41) is 6.52. The molecule has 2 aliphatic rings. The molecule has 0 aromatic heterocycles. The summed E-state index contributed by atoms with van der Waals surface area (Å²) in [6.45, 7) is 9.18. The maximum Gasteiger partial charge on any atom is 0.410 e. The number of hydrogen-bond acceptors (Lipinski definition) is 4. The summed E-state index contributed by atoms with van der Waals surface area (Å²) in [6.07, 6.45) is 2.37. The van der Waals surface area contributed by atoms with Crippen LogP contribution in [-0.2, 0) is 9.47 Å². The third kappa shape index (κ3) is 7.87. The molecule has 0 spiro atoms. The number of guanidine groups is 1. The zero-order valence-electron chi connectivity index (χ0n) is 15.1. The average molecular weight is 454 g/mol. The van der Waals surface area contributed by atoms with Crippen LogP contribution in [0.3, 0.4) is 0 Å². The Kier molecular flexibility index (Phi) is 8.55. The van der Waals surface area contributed by atoms with Gasteiger partial charge in [-0.2, -0.15) is 0 Å². The van der Waals surface area contributed by atoms with E-state index in [2.05, 4.69) is 15.6 Å². The van der Waals surface area contributed by atoms with Crippen LogP contribution in [0.4, 0.5) is 4.79 Å². The van der Waals surface area contributed by atoms with Crippen LogP contribution in [0.5, 0.6) is 0 Å². The molecule has 0 aromatic rings. The molecule has 2 fully saturated rings. The van der Waals surface area contributed by atoms with E-state index in [0.717, 1.165) is 25.0 Å². The summed E-state index contributed by atoms with van der Waals surface area (Å²) in [5.74, 6) is 1.54. The van der Waals surface area contributed by atoms with Crippen LogP contribution in [-0.4, -0.2) is 68.5 Å². The van der Waals surface area contributed by atoms with Gasteiger partial charge in [-0.25, -0.2) is 4.79 Å². The fraction of sp³-hybridized carbons (Fsp3) is 0.875. The number of rotatable bonds is 6. The number of hydrogen-bond donors (Lipinski definition) is 2. The van der Waals surface area contributed by atoms with Crippen molar-refractivity contribution in [3.05, 3.63) is 0 Å². The predicted octanol–water partition coefficient (Wildman–Crippen LogP) is 1.82. The van der Waals surface area contributed by atoms with Crippen molar-refractivity contribution < 1.29 is 14.3 Å². The van der Waals surface area contributed by atoms with E-state index in [1.54, 1.807) is 11.9 Å². The summed E-state index contributed by atoms with van der Waals surface area (Å²) in [4.78, 5) is 17.7. The molecule has 2 N–H and O–H groups in total. The second-order valence-corrected chi connectivity index (χ2v) is 7.24. The molecule has 0 radical (unpaired) electrons. The number of ether oxygens (including phenoxy) is 2. The summed E-state index contributed by atoms with van der Waals surface area (Å²) >= 11 is 0. The molecule has 1 aliphatic heterocycles. The third-order valence-corrected chi connectivity index (χ3v) is 3.69. The first kappa shape index (κ1) is 21.3. The molecular weight excluding hydrogens is 423 g/mol. The minimum Gasteiger partial charge on any atom is -0.444 e. The normalized spacial score (nSPS) is 18.5. The Morgan fingerprint density at radius 1 is 1.29 bits per heavy atom. The van der Waals surface area contributed by atoms with Crippen LogP contribution >= 0.6 is 24.0 Å². The Bertz CT molecular complexity index is 430. The Labute approximate surface area is 161 Å². The van der Waals surface area contributed by atoms with Crippen LogP contribution in [0.15, 0.2) is 4.99 Å². The van der Waals surface area contributed by atoms with Crippen LogP contribution in [0.1, 0.15) is 33.6 Å². The summed E-state index contributed by atoms with van der Waals surface area (Å²) < 4.78 is 10.9. The molecule has 8 heteroatoms. The molecule has 0 atom stereocenters. The lowest BCUT2D eigenvalue weighted by atomic mass is 10.1.